The van der Waals surface area contributed by atoms with Gasteiger partial charge in [0.15, 0.2) is 0 Å². The summed E-state index contributed by atoms with van der Waals surface area (Å²) in [4.78, 5) is 26.3. The van der Waals surface area contributed by atoms with Crippen LogP contribution in [0.5, 0.6) is 0 Å². The number of hydrogen-bond acceptors (Lipinski definition) is 3. The number of rotatable bonds is 4. The van der Waals surface area contributed by atoms with Gasteiger partial charge in [-0.3, -0.25) is 9.59 Å². The first-order chi connectivity index (χ1) is 10.1. The Morgan fingerprint density at radius 3 is 2.95 bits per heavy atom. The maximum atomic E-state index is 12.5. The van der Waals surface area contributed by atoms with E-state index in [9.17, 15) is 9.59 Å². The summed E-state index contributed by atoms with van der Waals surface area (Å²) < 4.78 is 1.03. The Hall–Kier alpha value is -1.15. The summed E-state index contributed by atoms with van der Waals surface area (Å²) in [5.74, 6) is -0.123. The summed E-state index contributed by atoms with van der Waals surface area (Å²) in [7, 11) is 0. The molecule has 1 aromatic rings. The number of likely N-dealkylation sites (tertiary alicyclic amines) is 1. The molecule has 0 spiro atoms. The van der Waals surface area contributed by atoms with E-state index in [-0.39, 0.29) is 17.7 Å². The number of nitrogens with two attached hydrogens (primary N) is 1. The molecule has 0 aromatic heterocycles. The second-order valence-electron chi connectivity index (χ2n) is 5.18. The molecular formula is C15H20IN3O2. The zero-order chi connectivity index (χ0) is 15.2. The van der Waals surface area contributed by atoms with Crippen molar-refractivity contribution >= 4 is 34.4 Å². The van der Waals surface area contributed by atoms with Gasteiger partial charge in [0, 0.05) is 35.3 Å². The van der Waals surface area contributed by atoms with Crippen molar-refractivity contribution in [3.8, 4) is 0 Å². The van der Waals surface area contributed by atoms with E-state index in [0.717, 1.165) is 16.4 Å². The minimum Gasteiger partial charge on any atom is -0.355 e. The van der Waals surface area contributed by atoms with Crippen molar-refractivity contribution in [3.63, 3.8) is 0 Å². The number of benzene rings is 1. The van der Waals surface area contributed by atoms with Crippen LogP contribution in [0, 0.1) is 9.49 Å². The van der Waals surface area contributed by atoms with Gasteiger partial charge in [-0.25, -0.2) is 0 Å². The van der Waals surface area contributed by atoms with Gasteiger partial charge in [-0.1, -0.05) is 6.07 Å². The fourth-order valence-electron chi connectivity index (χ4n) is 2.52. The van der Waals surface area contributed by atoms with E-state index in [1.165, 1.54) is 0 Å². The average molecular weight is 401 g/mol. The largest absolute Gasteiger partial charge is 0.355 e. The normalized spacial score (nSPS) is 18.4. The first-order valence-corrected chi connectivity index (χ1v) is 8.22. The van der Waals surface area contributed by atoms with Gasteiger partial charge in [0.2, 0.25) is 5.91 Å². The Kier molecular flexibility index (Phi) is 5.98. The van der Waals surface area contributed by atoms with Crippen LogP contribution >= 0.6 is 22.6 Å². The van der Waals surface area contributed by atoms with Gasteiger partial charge in [0.05, 0.1) is 5.92 Å². The monoisotopic (exact) mass is 401 g/mol. The van der Waals surface area contributed by atoms with Gasteiger partial charge in [0.1, 0.15) is 0 Å². The van der Waals surface area contributed by atoms with E-state index < -0.39 is 0 Å². The summed E-state index contributed by atoms with van der Waals surface area (Å²) >= 11 is 2.19. The van der Waals surface area contributed by atoms with Crippen molar-refractivity contribution in [2.45, 2.75) is 12.8 Å². The maximum Gasteiger partial charge on any atom is 0.253 e. The number of hydrogen-bond donors (Lipinski definition) is 2. The Balaban J connectivity index is 2.00. The third-order valence-electron chi connectivity index (χ3n) is 3.59. The molecule has 1 aliphatic heterocycles. The van der Waals surface area contributed by atoms with Crippen molar-refractivity contribution in [1.82, 2.24) is 10.2 Å². The lowest BCUT2D eigenvalue weighted by molar-refractivity contribution is -0.126. The van der Waals surface area contributed by atoms with E-state index in [2.05, 4.69) is 27.9 Å². The van der Waals surface area contributed by atoms with Gasteiger partial charge < -0.3 is 16.0 Å². The Labute approximate surface area is 138 Å². The van der Waals surface area contributed by atoms with Crippen molar-refractivity contribution in [2.24, 2.45) is 11.7 Å². The number of nitrogens with zero attached hydrogens (tertiary/aromatic N) is 1. The number of nitrogens with one attached hydrogen (secondary N) is 1. The zero-order valence-corrected chi connectivity index (χ0v) is 14.0. The molecule has 2 amide bonds. The Morgan fingerprint density at radius 1 is 1.43 bits per heavy atom. The molecule has 1 heterocycles. The average Bonchev–Trinajstić information content (AvgIpc) is 2.52. The fraction of sp³-hybridized carbons (Fsp3) is 0.467. The molecule has 6 heteroatoms. The van der Waals surface area contributed by atoms with Crippen molar-refractivity contribution in [3.05, 3.63) is 33.4 Å². The molecule has 1 unspecified atom stereocenters. The quantitative estimate of drug-likeness (QED) is 0.746. The molecule has 5 nitrogen and oxygen atoms in total. The van der Waals surface area contributed by atoms with Crippen molar-refractivity contribution in [2.75, 3.05) is 26.2 Å². The maximum absolute atomic E-state index is 12.5. The summed E-state index contributed by atoms with van der Waals surface area (Å²) in [6.45, 7) is 2.12. The summed E-state index contributed by atoms with van der Waals surface area (Å²) in [5, 5.41) is 2.81. The molecule has 3 N–H and O–H groups in total. The van der Waals surface area contributed by atoms with Gasteiger partial charge in [0.25, 0.3) is 5.91 Å². The van der Waals surface area contributed by atoms with Crippen LogP contribution < -0.4 is 11.1 Å². The van der Waals surface area contributed by atoms with E-state index in [0.29, 0.717) is 31.7 Å². The van der Waals surface area contributed by atoms with E-state index >= 15 is 0 Å². The SMILES string of the molecule is NCCNC(=O)C1CCCN(C(=O)c2cccc(I)c2)C1. The first kappa shape index (κ1) is 16.2. The lowest BCUT2D eigenvalue weighted by atomic mass is 9.96. The molecule has 21 heavy (non-hydrogen) atoms. The zero-order valence-electron chi connectivity index (χ0n) is 11.8. The van der Waals surface area contributed by atoms with Crippen molar-refractivity contribution < 1.29 is 9.59 Å². The predicted octanol–water partition coefficient (Wildman–Crippen LogP) is 1.22. The highest BCUT2D eigenvalue weighted by molar-refractivity contribution is 14.1. The van der Waals surface area contributed by atoms with Gasteiger partial charge in [-0.05, 0) is 53.6 Å². The second-order valence-corrected chi connectivity index (χ2v) is 6.43. The minimum absolute atomic E-state index is 0.000548. The lowest BCUT2D eigenvalue weighted by Crippen LogP contribution is -2.46. The molecule has 1 saturated heterocycles. The fourth-order valence-corrected chi connectivity index (χ4v) is 3.06. The molecule has 0 saturated carbocycles. The molecule has 0 bridgehead atoms. The summed E-state index contributed by atoms with van der Waals surface area (Å²) in [6, 6.07) is 7.53. The number of piperidine rings is 1. The second kappa shape index (κ2) is 7.74. The van der Waals surface area contributed by atoms with Gasteiger partial charge >= 0.3 is 0 Å². The van der Waals surface area contributed by atoms with Gasteiger partial charge in [-0.2, -0.15) is 0 Å². The third-order valence-corrected chi connectivity index (χ3v) is 4.27. The summed E-state index contributed by atoms with van der Waals surface area (Å²) in [6.07, 6.45) is 1.68. The van der Waals surface area contributed by atoms with Gasteiger partial charge in [-0.15, -0.1) is 0 Å². The van der Waals surface area contributed by atoms with Crippen LogP contribution in [0.4, 0.5) is 0 Å². The van der Waals surface area contributed by atoms with Crippen LogP contribution in [-0.4, -0.2) is 42.9 Å². The molecule has 1 atom stereocenters. The minimum atomic E-state index is -0.128. The van der Waals surface area contributed by atoms with Crippen LogP contribution in [0.25, 0.3) is 0 Å². The van der Waals surface area contributed by atoms with Crippen LogP contribution in [0.15, 0.2) is 24.3 Å². The topological polar surface area (TPSA) is 75.4 Å². The molecular weight excluding hydrogens is 381 g/mol. The first-order valence-electron chi connectivity index (χ1n) is 7.14. The van der Waals surface area contributed by atoms with Crippen LogP contribution in [0.2, 0.25) is 0 Å². The lowest BCUT2D eigenvalue weighted by Gasteiger charge is -2.32. The number of carbonyl (C=O) groups excluding carboxylic acids is 2. The number of carbonyl (C=O) groups is 2. The van der Waals surface area contributed by atoms with E-state index in [4.69, 9.17) is 5.73 Å². The highest BCUT2D eigenvalue weighted by Crippen LogP contribution is 2.19. The molecule has 114 valence electrons. The number of amides is 2. The molecule has 1 fully saturated rings. The summed E-state index contributed by atoms with van der Waals surface area (Å²) in [5.41, 5.74) is 6.08. The standard InChI is InChI=1S/C15H20IN3O2/c16-13-5-1-3-11(9-13)15(21)19-8-2-4-12(10-19)14(20)18-7-6-17/h1,3,5,9,12H,2,4,6-8,10,17H2,(H,18,20). The highest BCUT2D eigenvalue weighted by atomic mass is 127. The Morgan fingerprint density at radius 2 is 2.24 bits per heavy atom. The number of halogens is 1. The highest BCUT2D eigenvalue weighted by Gasteiger charge is 2.28. The molecule has 1 aliphatic rings. The Bertz CT molecular complexity index is 521. The van der Waals surface area contributed by atoms with Crippen LogP contribution in [0.3, 0.4) is 0 Å². The molecule has 0 aliphatic carbocycles. The van der Waals surface area contributed by atoms with E-state index in [1.807, 2.05) is 24.3 Å². The smallest absolute Gasteiger partial charge is 0.253 e. The van der Waals surface area contributed by atoms with Crippen LogP contribution in [-0.2, 0) is 4.79 Å². The van der Waals surface area contributed by atoms with Crippen LogP contribution in [0.1, 0.15) is 23.2 Å². The molecule has 0 radical (unpaired) electrons. The molecule has 2 rings (SSSR count). The van der Waals surface area contributed by atoms with E-state index in [1.54, 1.807) is 4.90 Å². The third kappa shape index (κ3) is 4.41. The predicted molar refractivity (Wildman–Crippen MR) is 89.9 cm³/mol. The van der Waals surface area contributed by atoms with Crippen molar-refractivity contribution in [1.29, 1.82) is 0 Å². The molecule has 1 aromatic carbocycles.